The smallest absolute Gasteiger partial charge is 0.257 e. The Bertz CT molecular complexity index is 382. The molecule has 0 aliphatic heterocycles. The van der Waals surface area contributed by atoms with Gasteiger partial charge in [-0.1, -0.05) is 0 Å². The van der Waals surface area contributed by atoms with Crippen LogP contribution in [0.25, 0.3) is 0 Å². The van der Waals surface area contributed by atoms with Crippen LogP contribution >= 0.6 is 0 Å². The molecule has 16 heavy (non-hydrogen) atoms. The largest absolute Gasteiger partial charge is 0.507 e. The van der Waals surface area contributed by atoms with Gasteiger partial charge in [-0.3, -0.25) is 4.79 Å². The minimum absolute atomic E-state index is 0.0942. The fraction of sp³-hybridized carbons (Fsp3) is 0.364. The van der Waals surface area contributed by atoms with Crippen molar-refractivity contribution in [2.45, 2.75) is 6.92 Å². The first kappa shape index (κ1) is 12.4. The first-order chi connectivity index (χ1) is 7.60. The van der Waals surface area contributed by atoms with Crippen LogP contribution in [0.2, 0.25) is 0 Å². The van der Waals surface area contributed by atoms with Crippen molar-refractivity contribution in [3.05, 3.63) is 29.6 Å². The lowest BCUT2D eigenvalue weighted by Gasteiger charge is -2.20. The summed E-state index contributed by atoms with van der Waals surface area (Å²) < 4.78 is 12.7. The van der Waals surface area contributed by atoms with Gasteiger partial charge in [0.05, 0.1) is 5.56 Å². The van der Waals surface area contributed by atoms with Crippen LogP contribution in [0.5, 0.6) is 5.75 Å². The zero-order chi connectivity index (χ0) is 12.1. The van der Waals surface area contributed by atoms with Gasteiger partial charge in [-0.05, 0) is 19.1 Å². The fourth-order valence-electron chi connectivity index (χ4n) is 1.42. The number of halogens is 1. The van der Waals surface area contributed by atoms with Crippen molar-refractivity contribution in [1.29, 1.82) is 0 Å². The molecule has 4 nitrogen and oxygen atoms in total. The van der Waals surface area contributed by atoms with Crippen molar-refractivity contribution in [3.63, 3.8) is 0 Å². The van der Waals surface area contributed by atoms with E-state index in [1.807, 2.05) is 6.92 Å². The minimum Gasteiger partial charge on any atom is -0.507 e. The number of hydrogen-bond acceptors (Lipinski definition) is 3. The Morgan fingerprint density at radius 3 is 2.75 bits per heavy atom. The number of hydrogen-bond donors (Lipinski definition) is 2. The molecule has 0 fully saturated rings. The molecule has 0 unspecified atom stereocenters. The molecule has 1 aromatic carbocycles. The third-order valence-electron chi connectivity index (χ3n) is 2.26. The number of phenolic OH excluding ortho intramolecular Hbond substituents is 1. The highest BCUT2D eigenvalue weighted by molar-refractivity contribution is 5.96. The quantitative estimate of drug-likeness (QED) is 0.803. The van der Waals surface area contributed by atoms with Gasteiger partial charge < -0.3 is 15.7 Å². The van der Waals surface area contributed by atoms with Crippen LogP contribution in [-0.4, -0.2) is 35.5 Å². The molecule has 3 N–H and O–H groups in total. The maximum Gasteiger partial charge on any atom is 0.257 e. The summed E-state index contributed by atoms with van der Waals surface area (Å²) in [6.07, 6.45) is 0. The number of benzene rings is 1. The van der Waals surface area contributed by atoms with Crippen LogP contribution in [0.4, 0.5) is 4.39 Å². The zero-order valence-electron chi connectivity index (χ0n) is 9.11. The van der Waals surface area contributed by atoms with Gasteiger partial charge in [0, 0.05) is 25.7 Å². The highest BCUT2D eigenvalue weighted by Gasteiger charge is 2.17. The molecule has 0 aromatic heterocycles. The summed E-state index contributed by atoms with van der Waals surface area (Å²) >= 11 is 0. The first-order valence-corrected chi connectivity index (χ1v) is 5.08. The molecule has 1 amide bonds. The maximum atomic E-state index is 12.7. The van der Waals surface area contributed by atoms with Gasteiger partial charge in [0.15, 0.2) is 0 Å². The molecule has 0 heterocycles. The topological polar surface area (TPSA) is 66.6 Å². The molecule has 0 aliphatic rings. The molecular weight excluding hydrogens is 211 g/mol. The number of aromatic hydroxyl groups is 1. The molecule has 1 aromatic rings. The van der Waals surface area contributed by atoms with Gasteiger partial charge in [0.2, 0.25) is 0 Å². The van der Waals surface area contributed by atoms with E-state index < -0.39 is 5.82 Å². The summed E-state index contributed by atoms with van der Waals surface area (Å²) in [5.41, 5.74) is 5.46. The summed E-state index contributed by atoms with van der Waals surface area (Å²) in [5.74, 6) is -1.26. The summed E-state index contributed by atoms with van der Waals surface area (Å²) in [5, 5.41) is 9.46. The van der Waals surface area contributed by atoms with E-state index >= 15 is 0 Å². The number of phenols is 1. The van der Waals surface area contributed by atoms with E-state index in [2.05, 4.69) is 0 Å². The van der Waals surface area contributed by atoms with Crippen molar-refractivity contribution in [2.75, 3.05) is 19.6 Å². The molecule has 0 saturated carbocycles. The second kappa shape index (κ2) is 5.46. The molecule has 0 spiro atoms. The Balaban J connectivity index is 2.94. The SMILES string of the molecule is CCN(CCN)C(=O)c1ccc(F)cc1O. The average Bonchev–Trinajstić information content (AvgIpc) is 2.25. The Kier molecular flexibility index (Phi) is 4.25. The monoisotopic (exact) mass is 226 g/mol. The number of carbonyl (C=O) groups is 1. The molecule has 0 radical (unpaired) electrons. The Labute approximate surface area is 93.5 Å². The van der Waals surface area contributed by atoms with Gasteiger partial charge in [0.25, 0.3) is 5.91 Å². The van der Waals surface area contributed by atoms with Crippen molar-refractivity contribution >= 4 is 5.91 Å². The number of likely N-dealkylation sites (N-methyl/N-ethyl adjacent to an activating group) is 1. The summed E-state index contributed by atoms with van der Waals surface area (Å²) in [7, 11) is 0. The predicted octanol–water partition coefficient (Wildman–Crippen LogP) is 0.952. The number of nitrogens with two attached hydrogens (primary N) is 1. The van der Waals surface area contributed by atoms with Gasteiger partial charge in [-0.25, -0.2) is 4.39 Å². The average molecular weight is 226 g/mol. The molecular formula is C11H15FN2O2. The molecule has 0 bridgehead atoms. The lowest BCUT2D eigenvalue weighted by molar-refractivity contribution is 0.0766. The zero-order valence-corrected chi connectivity index (χ0v) is 9.11. The van der Waals surface area contributed by atoms with Crippen LogP contribution in [0.3, 0.4) is 0 Å². The van der Waals surface area contributed by atoms with E-state index in [-0.39, 0.29) is 17.2 Å². The van der Waals surface area contributed by atoms with E-state index in [0.717, 1.165) is 12.1 Å². The Morgan fingerprint density at radius 1 is 1.56 bits per heavy atom. The fourth-order valence-corrected chi connectivity index (χ4v) is 1.42. The Morgan fingerprint density at radius 2 is 2.25 bits per heavy atom. The third kappa shape index (κ3) is 2.70. The predicted molar refractivity (Wildman–Crippen MR) is 58.7 cm³/mol. The molecule has 1 rings (SSSR count). The van der Waals surface area contributed by atoms with E-state index in [0.29, 0.717) is 19.6 Å². The molecule has 88 valence electrons. The second-order valence-electron chi connectivity index (χ2n) is 3.33. The third-order valence-corrected chi connectivity index (χ3v) is 2.26. The molecule has 5 heteroatoms. The van der Waals surface area contributed by atoms with Gasteiger partial charge in [0.1, 0.15) is 11.6 Å². The number of carbonyl (C=O) groups excluding carboxylic acids is 1. The summed E-state index contributed by atoms with van der Waals surface area (Å²) in [6, 6.07) is 3.33. The van der Waals surface area contributed by atoms with Crippen LogP contribution in [0.1, 0.15) is 17.3 Å². The molecule has 0 aliphatic carbocycles. The van der Waals surface area contributed by atoms with Gasteiger partial charge >= 0.3 is 0 Å². The standard InChI is InChI=1S/C11H15FN2O2/c1-2-14(6-5-13)11(16)9-4-3-8(12)7-10(9)15/h3-4,7,15H,2,5-6,13H2,1H3. The van der Waals surface area contributed by atoms with E-state index in [4.69, 9.17) is 5.73 Å². The van der Waals surface area contributed by atoms with Gasteiger partial charge in [-0.15, -0.1) is 0 Å². The lowest BCUT2D eigenvalue weighted by Crippen LogP contribution is -2.35. The normalized spacial score (nSPS) is 10.2. The van der Waals surface area contributed by atoms with Crippen LogP contribution < -0.4 is 5.73 Å². The van der Waals surface area contributed by atoms with Crippen LogP contribution in [-0.2, 0) is 0 Å². The summed E-state index contributed by atoms with van der Waals surface area (Å²) in [6.45, 7) is 3.06. The van der Waals surface area contributed by atoms with Gasteiger partial charge in [-0.2, -0.15) is 0 Å². The first-order valence-electron chi connectivity index (χ1n) is 5.08. The number of nitrogens with zero attached hydrogens (tertiary/aromatic N) is 1. The number of amides is 1. The van der Waals surface area contributed by atoms with Crippen molar-refractivity contribution in [2.24, 2.45) is 5.73 Å². The highest BCUT2D eigenvalue weighted by Crippen LogP contribution is 2.19. The number of rotatable bonds is 4. The van der Waals surface area contributed by atoms with E-state index in [9.17, 15) is 14.3 Å². The highest BCUT2D eigenvalue weighted by atomic mass is 19.1. The van der Waals surface area contributed by atoms with Crippen LogP contribution in [0.15, 0.2) is 18.2 Å². The van der Waals surface area contributed by atoms with Crippen molar-refractivity contribution < 1.29 is 14.3 Å². The molecule has 0 saturated heterocycles. The Hall–Kier alpha value is -1.62. The lowest BCUT2D eigenvalue weighted by atomic mass is 10.1. The molecule has 0 atom stereocenters. The summed E-state index contributed by atoms with van der Waals surface area (Å²) in [4.78, 5) is 13.4. The van der Waals surface area contributed by atoms with Crippen molar-refractivity contribution in [3.8, 4) is 5.75 Å². The maximum absolute atomic E-state index is 12.7. The van der Waals surface area contributed by atoms with Crippen molar-refractivity contribution in [1.82, 2.24) is 4.90 Å². The minimum atomic E-state index is -0.573. The second-order valence-corrected chi connectivity index (χ2v) is 3.33. The van der Waals surface area contributed by atoms with E-state index in [1.165, 1.54) is 11.0 Å². The van der Waals surface area contributed by atoms with Crippen LogP contribution in [0, 0.1) is 5.82 Å². The van der Waals surface area contributed by atoms with E-state index in [1.54, 1.807) is 0 Å².